The molecule has 1 fully saturated rings. The van der Waals surface area contributed by atoms with Gasteiger partial charge in [-0.2, -0.15) is 0 Å². The summed E-state index contributed by atoms with van der Waals surface area (Å²) in [5, 5.41) is 5.47. The first-order valence-electron chi connectivity index (χ1n) is 9.67. The number of likely N-dealkylation sites (tertiary alicyclic amines) is 1. The van der Waals surface area contributed by atoms with E-state index in [-0.39, 0.29) is 18.4 Å². The molecule has 1 unspecified atom stereocenters. The van der Waals surface area contributed by atoms with Gasteiger partial charge in [0.15, 0.2) is 0 Å². The first-order chi connectivity index (χ1) is 12.6. The molecule has 5 nitrogen and oxygen atoms in total. The summed E-state index contributed by atoms with van der Waals surface area (Å²) in [4.78, 5) is 26.0. The maximum atomic E-state index is 11.8. The van der Waals surface area contributed by atoms with E-state index in [0.29, 0.717) is 12.6 Å². The maximum absolute atomic E-state index is 11.8. The van der Waals surface area contributed by atoms with E-state index in [1.165, 1.54) is 31.9 Å². The number of carbonyl (C=O) groups excluding carboxylic acids is 2. The highest BCUT2D eigenvalue weighted by Crippen LogP contribution is 2.16. The number of rotatable bonds is 9. The number of benzene rings is 1. The predicted octanol–water partition coefficient (Wildman–Crippen LogP) is 2.59. The lowest BCUT2D eigenvalue weighted by atomic mass is 10.0. The molecule has 1 aromatic carbocycles. The van der Waals surface area contributed by atoms with Crippen molar-refractivity contribution < 1.29 is 9.59 Å². The van der Waals surface area contributed by atoms with E-state index in [9.17, 15) is 9.59 Å². The molecule has 1 aliphatic heterocycles. The first kappa shape index (κ1) is 20.2. The Bertz CT molecular complexity index is 586. The van der Waals surface area contributed by atoms with Crippen LogP contribution in [0, 0.1) is 0 Å². The van der Waals surface area contributed by atoms with Gasteiger partial charge in [0.25, 0.3) is 0 Å². The smallest absolute Gasteiger partial charge is 0.244 e. The van der Waals surface area contributed by atoms with Crippen LogP contribution >= 0.6 is 0 Å². The molecule has 26 heavy (non-hydrogen) atoms. The lowest BCUT2D eigenvalue weighted by Crippen LogP contribution is -2.39. The van der Waals surface area contributed by atoms with Crippen molar-refractivity contribution in [2.24, 2.45) is 0 Å². The summed E-state index contributed by atoms with van der Waals surface area (Å²) in [6, 6.07) is 10.3. The average molecular weight is 357 g/mol. The summed E-state index contributed by atoms with van der Waals surface area (Å²) < 4.78 is 0. The summed E-state index contributed by atoms with van der Waals surface area (Å²) in [5.41, 5.74) is 0.954. The second kappa shape index (κ2) is 11.5. The normalized spacial score (nSPS) is 18.0. The van der Waals surface area contributed by atoms with Gasteiger partial charge < -0.3 is 15.5 Å². The molecule has 0 aromatic heterocycles. The molecule has 0 aliphatic carbocycles. The molecule has 2 rings (SSSR count). The Labute approximate surface area is 156 Å². The van der Waals surface area contributed by atoms with Crippen molar-refractivity contribution >= 4 is 17.9 Å². The number of amides is 2. The first-order valence-corrected chi connectivity index (χ1v) is 9.67. The van der Waals surface area contributed by atoms with Crippen molar-refractivity contribution in [3.63, 3.8) is 0 Å². The SMILES string of the molecule is CC1CCCCN1CCCCNC(=O)CNC(=O)/C=C/c1ccccc1. The van der Waals surface area contributed by atoms with Gasteiger partial charge in [-0.1, -0.05) is 36.8 Å². The van der Waals surface area contributed by atoms with Crippen LogP contribution in [0.4, 0.5) is 0 Å². The van der Waals surface area contributed by atoms with E-state index in [4.69, 9.17) is 0 Å². The molecule has 1 atom stereocenters. The van der Waals surface area contributed by atoms with Gasteiger partial charge in [0, 0.05) is 18.7 Å². The zero-order chi connectivity index (χ0) is 18.6. The minimum Gasteiger partial charge on any atom is -0.355 e. The molecular weight excluding hydrogens is 326 g/mol. The molecule has 2 N–H and O–H groups in total. The van der Waals surface area contributed by atoms with Crippen molar-refractivity contribution in [2.45, 2.75) is 45.1 Å². The fourth-order valence-corrected chi connectivity index (χ4v) is 3.18. The van der Waals surface area contributed by atoms with E-state index in [0.717, 1.165) is 24.9 Å². The van der Waals surface area contributed by atoms with Crippen molar-refractivity contribution in [1.29, 1.82) is 0 Å². The highest BCUT2D eigenvalue weighted by Gasteiger charge is 2.16. The molecule has 1 aromatic rings. The fraction of sp³-hybridized carbons (Fsp3) is 0.524. The van der Waals surface area contributed by atoms with Gasteiger partial charge in [-0.15, -0.1) is 0 Å². The van der Waals surface area contributed by atoms with Crippen LogP contribution in [-0.4, -0.2) is 48.9 Å². The zero-order valence-electron chi connectivity index (χ0n) is 15.7. The summed E-state index contributed by atoms with van der Waals surface area (Å²) in [5.74, 6) is -0.402. The van der Waals surface area contributed by atoms with E-state index >= 15 is 0 Å². The Kier molecular flexibility index (Phi) is 8.90. The van der Waals surface area contributed by atoms with Gasteiger partial charge in [0.05, 0.1) is 6.54 Å². The topological polar surface area (TPSA) is 61.4 Å². The molecule has 0 spiro atoms. The van der Waals surface area contributed by atoms with Gasteiger partial charge in [-0.05, 0) is 57.3 Å². The van der Waals surface area contributed by atoms with Gasteiger partial charge in [0.1, 0.15) is 0 Å². The van der Waals surface area contributed by atoms with Crippen LogP contribution in [0.1, 0.15) is 44.6 Å². The quantitative estimate of drug-likeness (QED) is 0.527. The molecule has 5 heteroatoms. The van der Waals surface area contributed by atoms with Crippen LogP contribution in [-0.2, 0) is 9.59 Å². The van der Waals surface area contributed by atoms with E-state index < -0.39 is 0 Å². The van der Waals surface area contributed by atoms with Crippen molar-refractivity contribution in [1.82, 2.24) is 15.5 Å². The number of unbranched alkanes of at least 4 members (excludes halogenated alkanes) is 1. The minimum absolute atomic E-state index is 0.0150. The van der Waals surface area contributed by atoms with Gasteiger partial charge in [0.2, 0.25) is 11.8 Å². The number of hydrogen-bond acceptors (Lipinski definition) is 3. The third-order valence-corrected chi connectivity index (χ3v) is 4.78. The Morgan fingerprint density at radius 3 is 2.73 bits per heavy atom. The average Bonchev–Trinajstić information content (AvgIpc) is 2.66. The van der Waals surface area contributed by atoms with Crippen LogP contribution < -0.4 is 10.6 Å². The van der Waals surface area contributed by atoms with E-state index in [1.807, 2.05) is 30.3 Å². The van der Waals surface area contributed by atoms with Crippen LogP contribution in [0.5, 0.6) is 0 Å². The van der Waals surface area contributed by atoms with Crippen LogP contribution in [0.2, 0.25) is 0 Å². The fourth-order valence-electron chi connectivity index (χ4n) is 3.18. The second-order valence-corrected chi connectivity index (χ2v) is 6.90. The highest BCUT2D eigenvalue weighted by molar-refractivity contribution is 5.94. The number of nitrogens with one attached hydrogen (secondary N) is 2. The van der Waals surface area contributed by atoms with Gasteiger partial charge in [-0.3, -0.25) is 9.59 Å². The Balaban J connectivity index is 1.52. The number of carbonyl (C=O) groups is 2. The summed E-state index contributed by atoms with van der Waals surface area (Å²) in [6.07, 6.45) is 9.19. The maximum Gasteiger partial charge on any atom is 0.244 e. The molecule has 1 aliphatic rings. The largest absolute Gasteiger partial charge is 0.355 e. The highest BCUT2D eigenvalue weighted by atomic mass is 16.2. The van der Waals surface area contributed by atoms with Crippen molar-refractivity contribution in [3.05, 3.63) is 42.0 Å². The lowest BCUT2D eigenvalue weighted by Gasteiger charge is -2.33. The van der Waals surface area contributed by atoms with Crippen molar-refractivity contribution in [2.75, 3.05) is 26.2 Å². The molecule has 2 amide bonds. The second-order valence-electron chi connectivity index (χ2n) is 6.90. The van der Waals surface area contributed by atoms with Gasteiger partial charge in [-0.25, -0.2) is 0 Å². The number of nitrogens with zero attached hydrogens (tertiary/aromatic N) is 1. The Hall–Kier alpha value is -2.14. The monoisotopic (exact) mass is 357 g/mol. The minimum atomic E-state index is -0.261. The molecule has 1 saturated heterocycles. The summed E-state index contributed by atoms with van der Waals surface area (Å²) in [6.45, 7) is 5.29. The molecule has 0 radical (unpaired) electrons. The van der Waals surface area contributed by atoms with Crippen LogP contribution in [0.25, 0.3) is 6.08 Å². The lowest BCUT2D eigenvalue weighted by molar-refractivity contribution is -0.123. The van der Waals surface area contributed by atoms with Crippen molar-refractivity contribution in [3.8, 4) is 0 Å². The number of piperidine rings is 1. The van der Waals surface area contributed by atoms with E-state index in [2.05, 4.69) is 22.5 Å². The zero-order valence-corrected chi connectivity index (χ0v) is 15.7. The molecule has 142 valence electrons. The molecule has 1 heterocycles. The van der Waals surface area contributed by atoms with Gasteiger partial charge >= 0.3 is 0 Å². The third-order valence-electron chi connectivity index (χ3n) is 4.78. The standard InChI is InChI=1S/C21H31N3O2/c1-18-9-5-7-15-24(18)16-8-6-14-22-21(26)17-23-20(25)13-12-19-10-3-2-4-11-19/h2-4,10-13,18H,5-9,14-17H2,1H3,(H,22,26)(H,23,25)/b13-12+. The molecule has 0 saturated carbocycles. The Morgan fingerprint density at radius 2 is 1.96 bits per heavy atom. The van der Waals surface area contributed by atoms with Crippen LogP contribution in [0.3, 0.4) is 0 Å². The summed E-state index contributed by atoms with van der Waals surface area (Å²) in [7, 11) is 0. The van der Waals surface area contributed by atoms with E-state index in [1.54, 1.807) is 6.08 Å². The molecule has 0 bridgehead atoms. The number of hydrogen-bond donors (Lipinski definition) is 2. The molecular formula is C21H31N3O2. The third kappa shape index (κ3) is 7.83. The Morgan fingerprint density at radius 1 is 1.15 bits per heavy atom. The van der Waals surface area contributed by atoms with Crippen LogP contribution in [0.15, 0.2) is 36.4 Å². The predicted molar refractivity (Wildman–Crippen MR) is 106 cm³/mol. The summed E-state index contributed by atoms with van der Waals surface area (Å²) >= 11 is 0.